The van der Waals surface area contributed by atoms with Crippen LogP contribution < -0.4 is 11.1 Å². The fourth-order valence-electron chi connectivity index (χ4n) is 3.43. The number of carbonyl (C=O) groups excluding carboxylic acids is 2. The van der Waals surface area contributed by atoms with E-state index in [1.54, 1.807) is 0 Å². The molecule has 1 aromatic heterocycles. The second-order valence-corrected chi connectivity index (χ2v) is 6.04. The molecular weight excluding hydrogens is 266 g/mol. The summed E-state index contributed by atoms with van der Waals surface area (Å²) in [7, 11) is 0. The van der Waals surface area contributed by atoms with E-state index in [0.29, 0.717) is 23.7 Å². The maximum atomic E-state index is 12.5. The summed E-state index contributed by atoms with van der Waals surface area (Å²) >= 11 is 0. The highest BCUT2D eigenvalue weighted by atomic mass is 16.2. The molecule has 0 bridgehead atoms. The summed E-state index contributed by atoms with van der Waals surface area (Å²) in [6, 6.07) is 0.139. The molecule has 0 spiro atoms. The van der Waals surface area contributed by atoms with Gasteiger partial charge in [0.1, 0.15) is 5.69 Å². The van der Waals surface area contributed by atoms with Gasteiger partial charge in [-0.05, 0) is 51.6 Å². The van der Waals surface area contributed by atoms with Crippen molar-refractivity contribution in [2.45, 2.75) is 52.5 Å². The van der Waals surface area contributed by atoms with Gasteiger partial charge in [-0.25, -0.2) is 0 Å². The van der Waals surface area contributed by atoms with E-state index in [1.807, 2.05) is 13.8 Å². The molecule has 4 N–H and O–H groups in total. The molecule has 2 unspecified atom stereocenters. The molecule has 1 aromatic rings. The van der Waals surface area contributed by atoms with Crippen LogP contribution in [0.4, 0.5) is 0 Å². The van der Waals surface area contributed by atoms with Gasteiger partial charge in [-0.1, -0.05) is 12.8 Å². The van der Waals surface area contributed by atoms with Crippen LogP contribution in [-0.4, -0.2) is 29.3 Å². The van der Waals surface area contributed by atoms with Gasteiger partial charge >= 0.3 is 0 Å². The molecule has 0 radical (unpaired) electrons. The minimum atomic E-state index is -0.131. The number of aryl methyl sites for hydroxylation is 1. The second-order valence-electron chi connectivity index (χ2n) is 6.04. The lowest BCUT2D eigenvalue weighted by Gasteiger charge is -2.31. The van der Waals surface area contributed by atoms with E-state index in [-0.39, 0.29) is 17.7 Å². The Labute approximate surface area is 125 Å². The lowest BCUT2D eigenvalue weighted by molar-refractivity contribution is 0.0902. The molecule has 21 heavy (non-hydrogen) atoms. The van der Waals surface area contributed by atoms with Crippen molar-refractivity contribution in [3.8, 4) is 0 Å². The van der Waals surface area contributed by atoms with E-state index < -0.39 is 0 Å². The molecule has 1 aliphatic carbocycles. The molecule has 0 aliphatic heterocycles. The number of amides is 1. The number of ketones is 1. The van der Waals surface area contributed by atoms with Gasteiger partial charge in [0.25, 0.3) is 5.91 Å². The fourth-order valence-corrected chi connectivity index (χ4v) is 3.43. The number of hydrogen-bond donors (Lipinski definition) is 3. The van der Waals surface area contributed by atoms with Crippen molar-refractivity contribution in [1.29, 1.82) is 0 Å². The monoisotopic (exact) mass is 291 g/mol. The molecule has 2 atom stereocenters. The summed E-state index contributed by atoms with van der Waals surface area (Å²) in [6.45, 7) is 5.77. The molecule has 116 valence electrons. The van der Waals surface area contributed by atoms with E-state index >= 15 is 0 Å². The van der Waals surface area contributed by atoms with Gasteiger partial charge in [-0.3, -0.25) is 9.59 Å². The largest absolute Gasteiger partial charge is 0.354 e. The first kappa shape index (κ1) is 15.8. The number of aromatic amines is 1. The summed E-state index contributed by atoms with van der Waals surface area (Å²) < 4.78 is 0. The number of Topliss-reactive ketones (excluding diaryl/α,β-unsaturated/α-hetero) is 1. The molecule has 1 amide bonds. The quantitative estimate of drug-likeness (QED) is 0.742. The number of carbonyl (C=O) groups is 2. The maximum absolute atomic E-state index is 12.5. The fraction of sp³-hybridized carbons (Fsp3) is 0.625. The zero-order valence-corrected chi connectivity index (χ0v) is 13.1. The smallest absolute Gasteiger partial charge is 0.268 e. The molecule has 1 saturated carbocycles. The number of nitrogens with two attached hydrogens (primary N) is 1. The molecule has 1 aliphatic rings. The molecule has 1 fully saturated rings. The summed E-state index contributed by atoms with van der Waals surface area (Å²) in [4.78, 5) is 27.2. The minimum absolute atomic E-state index is 0.0159. The van der Waals surface area contributed by atoms with Crippen LogP contribution in [0, 0.1) is 19.8 Å². The third-order valence-electron chi connectivity index (χ3n) is 4.54. The van der Waals surface area contributed by atoms with Gasteiger partial charge < -0.3 is 16.0 Å². The predicted molar refractivity (Wildman–Crippen MR) is 82.5 cm³/mol. The number of nitrogens with one attached hydrogen (secondary N) is 2. The van der Waals surface area contributed by atoms with E-state index in [0.717, 1.165) is 30.5 Å². The Kier molecular flexibility index (Phi) is 4.83. The highest BCUT2D eigenvalue weighted by molar-refractivity contribution is 6.02. The van der Waals surface area contributed by atoms with Crippen LogP contribution in [0.1, 0.15) is 64.7 Å². The lowest BCUT2D eigenvalue weighted by atomic mass is 9.84. The third kappa shape index (κ3) is 3.18. The van der Waals surface area contributed by atoms with Crippen LogP contribution in [0.3, 0.4) is 0 Å². The molecular formula is C16H25N3O2. The maximum Gasteiger partial charge on any atom is 0.268 e. The van der Waals surface area contributed by atoms with Crippen LogP contribution in [0.15, 0.2) is 0 Å². The minimum Gasteiger partial charge on any atom is -0.354 e. The van der Waals surface area contributed by atoms with E-state index in [9.17, 15) is 9.59 Å². The van der Waals surface area contributed by atoms with Crippen molar-refractivity contribution in [1.82, 2.24) is 10.3 Å². The topological polar surface area (TPSA) is 88.0 Å². The number of aromatic nitrogens is 1. The van der Waals surface area contributed by atoms with Crippen LogP contribution in [0.5, 0.6) is 0 Å². The first-order valence-electron chi connectivity index (χ1n) is 7.66. The second kappa shape index (κ2) is 6.43. The van der Waals surface area contributed by atoms with Gasteiger partial charge in [-0.15, -0.1) is 0 Å². The average Bonchev–Trinajstić information content (AvgIpc) is 2.74. The Morgan fingerprint density at radius 2 is 1.95 bits per heavy atom. The van der Waals surface area contributed by atoms with Gasteiger partial charge in [-0.2, -0.15) is 0 Å². The third-order valence-corrected chi connectivity index (χ3v) is 4.54. The SMILES string of the molecule is CC(=O)c1c(C)[nH]c(C(=O)NC2CCCCC2CN)c1C. The standard InChI is InChI=1S/C16H25N3O2/c1-9-14(11(3)20)10(2)18-15(9)16(21)19-13-7-5-4-6-12(13)8-17/h12-13,18H,4-8,17H2,1-3H3,(H,19,21). The molecule has 0 aromatic carbocycles. The van der Waals surface area contributed by atoms with E-state index in [1.165, 1.54) is 13.3 Å². The molecule has 1 heterocycles. The Balaban J connectivity index is 2.17. The van der Waals surface area contributed by atoms with Crippen LogP contribution >= 0.6 is 0 Å². The van der Waals surface area contributed by atoms with E-state index in [4.69, 9.17) is 5.73 Å². The van der Waals surface area contributed by atoms with Gasteiger partial charge in [0, 0.05) is 17.3 Å². The zero-order valence-electron chi connectivity index (χ0n) is 13.1. The summed E-state index contributed by atoms with van der Waals surface area (Å²) in [5, 5.41) is 3.09. The molecule has 2 rings (SSSR count). The summed E-state index contributed by atoms with van der Waals surface area (Å²) in [5.74, 6) is 0.206. The first-order valence-corrected chi connectivity index (χ1v) is 7.66. The Morgan fingerprint density at radius 3 is 2.52 bits per heavy atom. The van der Waals surface area contributed by atoms with Gasteiger partial charge in [0.05, 0.1) is 0 Å². The average molecular weight is 291 g/mol. The zero-order chi connectivity index (χ0) is 15.6. The normalized spacial score (nSPS) is 22.1. The van der Waals surface area contributed by atoms with Crippen molar-refractivity contribution in [2.75, 3.05) is 6.54 Å². The highest BCUT2D eigenvalue weighted by Gasteiger charge is 2.27. The predicted octanol–water partition coefficient (Wildman–Crippen LogP) is 2.08. The van der Waals surface area contributed by atoms with E-state index in [2.05, 4.69) is 10.3 Å². The molecule has 5 nitrogen and oxygen atoms in total. The van der Waals surface area contributed by atoms with Crippen molar-refractivity contribution in [3.63, 3.8) is 0 Å². The highest BCUT2D eigenvalue weighted by Crippen LogP contribution is 2.24. The molecule has 5 heteroatoms. The van der Waals surface area contributed by atoms with Crippen molar-refractivity contribution in [2.24, 2.45) is 11.7 Å². The number of H-pyrrole nitrogens is 1. The lowest BCUT2D eigenvalue weighted by Crippen LogP contribution is -2.45. The van der Waals surface area contributed by atoms with Crippen LogP contribution in [0.25, 0.3) is 0 Å². The van der Waals surface area contributed by atoms with Crippen molar-refractivity contribution in [3.05, 3.63) is 22.5 Å². The van der Waals surface area contributed by atoms with Crippen molar-refractivity contribution >= 4 is 11.7 Å². The molecule has 0 saturated heterocycles. The Morgan fingerprint density at radius 1 is 1.29 bits per heavy atom. The van der Waals surface area contributed by atoms with Crippen LogP contribution in [-0.2, 0) is 0 Å². The van der Waals surface area contributed by atoms with Gasteiger partial charge in [0.2, 0.25) is 0 Å². The Hall–Kier alpha value is -1.62. The van der Waals surface area contributed by atoms with Crippen molar-refractivity contribution < 1.29 is 9.59 Å². The summed E-state index contributed by atoms with van der Waals surface area (Å²) in [6.07, 6.45) is 4.36. The van der Waals surface area contributed by atoms with Crippen LogP contribution in [0.2, 0.25) is 0 Å². The van der Waals surface area contributed by atoms with Gasteiger partial charge in [0.15, 0.2) is 5.78 Å². The summed E-state index contributed by atoms with van der Waals surface area (Å²) in [5.41, 5.74) is 8.41. The number of hydrogen-bond acceptors (Lipinski definition) is 3. The number of rotatable bonds is 4. The Bertz CT molecular complexity index is 548. The first-order chi connectivity index (χ1) is 9.95.